The van der Waals surface area contributed by atoms with Crippen LogP contribution in [0, 0.1) is 0 Å². The van der Waals surface area contributed by atoms with Gasteiger partial charge in [-0.3, -0.25) is 4.79 Å². The van der Waals surface area contributed by atoms with Gasteiger partial charge in [0.15, 0.2) is 5.78 Å². The summed E-state index contributed by atoms with van der Waals surface area (Å²) in [6.07, 6.45) is -1.60. The van der Waals surface area contributed by atoms with Crippen LogP contribution in [0.4, 0.5) is 18.9 Å². The molecule has 0 saturated carbocycles. The number of nitrogen functional groups attached to an aromatic ring is 1. The summed E-state index contributed by atoms with van der Waals surface area (Å²) < 4.78 is 41.9. The number of ketones is 1. The molecule has 0 radical (unpaired) electrons. The molecule has 3 rings (SSSR count). The van der Waals surface area contributed by atoms with Crippen LogP contribution in [0.1, 0.15) is 15.9 Å². The average molecular weight is 427 g/mol. The standard InChI is InChI=1S/C18H11Cl2F3N4O/c19-12-3-11(4-13(20)6-12)14(18(21,22)23)7-17(28)10-1-2-16(15(24)5-10)27-9-25-8-26-27/h1-9H,24H2/b14-7+. The first-order chi connectivity index (χ1) is 13.1. The van der Waals surface area contributed by atoms with Crippen LogP contribution in [0.15, 0.2) is 55.1 Å². The van der Waals surface area contributed by atoms with E-state index in [-0.39, 0.29) is 26.9 Å². The number of nitrogens with zero attached hydrogens (tertiary/aromatic N) is 3. The van der Waals surface area contributed by atoms with Crippen molar-refractivity contribution in [3.63, 3.8) is 0 Å². The lowest BCUT2D eigenvalue weighted by molar-refractivity contribution is -0.0689. The topological polar surface area (TPSA) is 73.8 Å². The van der Waals surface area contributed by atoms with E-state index in [1.807, 2.05) is 0 Å². The fourth-order valence-corrected chi connectivity index (χ4v) is 3.03. The molecule has 144 valence electrons. The number of alkyl halides is 3. The molecule has 3 aromatic rings. The van der Waals surface area contributed by atoms with Gasteiger partial charge in [0.2, 0.25) is 0 Å². The van der Waals surface area contributed by atoms with Crippen molar-refractivity contribution >= 4 is 40.2 Å². The zero-order chi connectivity index (χ0) is 20.5. The Bertz CT molecular complexity index is 1040. The Labute approximate surface area is 167 Å². The van der Waals surface area contributed by atoms with Crippen LogP contribution in [0.25, 0.3) is 11.3 Å². The number of carbonyl (C=O) groups excluding carboxylic acids is 1. The number of hydrogen-bond donors (Lipinski definition) is 1. The molecule has 28 heavy (non-hydrogen) atoms. The largest absolute Gasteiger partial charge is 0.417 e. The lowest BCUT2D eigenvalue weighted by atomic mass is 10.0. The minimum Gasteiger partial charge on any atom is -0.397 e. The second kappa shape index (κ2) is 7.65. The third-order valence-corrected chi connectivity index (χ3v) is 4.17. The predicted molar refractivity (Wildman–Crippen MR) is 101 cm³/mol. The van der Waals surface area contributed by atoms with Gasteiger partial charge in [-0.1, -0.05) is 23.2 Å². The normalized spacial score (nSPS) is 12.2. The lowest BCUT2D eigenvalue weighted by Crippen LogP contribution is -2.13. The quantitative estimate of drug-likeness (QED) is 0.362. The van der Waals surface area contributed by atoms with E-state index < -0.39 is 17.5 Å². The van der Waals surface area contributed by atoms with E-state index >= 15 is 0 Å². The number of aromatic nitrogens is 3. The van der Waals surface area contributed by atoms with E-state index in [4.69, 9.17) is 28.9 Å². The molecule has 0 saturated heterocycles. The minimum absolute atomic E-state index is 0.0174. The second-order valence-corrected chi connectivity index (χ2v) is 6.56. The first-order valence-corrected chi connectivity index (χ1v) is 8.45. The molecule has 0 atom stereocenters. The highest BCUT2D eigenvalue weighted by Gasteiger charge is 2.35. The Morgan fingerprint density at radius 2 is 1.75 bits per heavy atom. The van der Waals surface area contributed by atoms with Crippen molar-refractivity contribution in [2.24, 2.45) is 0 Å². The monoisotopic (exact) mass is 426 g/mol. The molecule has 0 aliphatic heterocycles. The Balaban J connectivity index is 2.01. The molecular formula is C18H11Cl2F3N4O. The van der Waals surface area contributed by atoms with Crippen LogP contribution in [-0.4, -0.2) is 26.7 Å². The molecular weight excluding hydrogens is 416 g/mol. The average Bonchev–Trinajstić information content (AvgIpc) is 3.11. The molecule has 0 aliphatic carbocycles. The Morgan fingerprint density at radius 1 is 1.07 bits per heavy atom. The molecule has 0 unspecified atom stereocenters. The van der Waals surface area contributed by atoms with Crippen LogP contribution < -0.4 is 5.73 Å². The minimum atomic E-state index is -4.80. The lowest BCUT2D eigenvalue weighted by Gasteiger charge is -2.13. The summed E-state index contributed by atoms with van der Waals surface area (Å²) in [6.45, 7) is 0. The van der Waals surface area contributed by atoms with Crippen LogP contribution in [0.5, 0.6) is 0 Å². The molecule has 2 aromatic carbocycles. The fraction of sp³-hybridized carbons (Fsp3) is 0.0556. The summed E-state index contributed by atoms with van der Waals surface area (Å²) in [5.41, 5.74) is 5.00. The van der Waals surface area contributed by atoms with E-state index in [1.54, 1.807) is 0 Å². The number of anilines is 1. The maximum atomic E-state index is 13.5. The maximum Gasteiger partial charge on any atom is 0.417 e. The van der Waals surface area contributed by atoms with Crippen LogP contribution in [0.3, 0.4) is 0 Å². The van der Waals surface area contributed by atoms with E-state index in [0.717, 1.165) is 12.1 Å². The number of rotatable bonds is 4. The summed E-state index contributed by atoms with van der Waals surface area (Å²) in [7, 11) is 0. The van der Waals surface area contributed by atoms with Crippen molar-refractivity contribution in [3.8, 4) is 5.69 Å². The number of carbonyl (C=O) groups is 1. The number of allylic oxidation sites excluding steroid dienone is 2. The summed E-state index contributed by atoms with van der Waals surface area (Å²) in [5, 5.41) is 3.95. The molecule has 0 bridgehead atoms. The summed E-state index contributed by atoms with van der Waals surface area (Å²) in [4.78, 5) is 16.2. The molecule has 5 nitrogen and oxygen atoms in total. The first kappa shape index (κ1) is 19.9. The third kappa shape index (κ3) is 4.35. The van der Waals surface area contributed by atoms with Crippen molar-refractivity contribution in [2.45, 2.75) is 6.18 Å². The van der Waals surface area contributed by atoms with E-state index in [1.165, 1.54) is 41.6 Å². The summed E-state index contributed by atoms with van der Waals surface area (Å²) in [6, 6.07) is 7.56. The fourth-order valence-electron chi connectivity index (χ4n) is 2.50. The van der Waals surface area contributed by atoms with Crippen molar-refractivity contribution in [1.82, 2.24) is 14.8 Å². The second-order valence-electron chi connectivity index (χ2n) is 5.69. The molecule has 0 aliphatic rings. The first-order valence-electron chi connectivity index (χ1n) is 7.69. The molecule has 1 aromatic heterocycles. The Kier molecular flexibility index (Phi) is 5.44. The van der Waals surface area contributed by atoms with Crippen molar-refractivity contribution < 1.29 is 18.0 Å². The van der Waals surface area contributed by atoms with Gasteiger partial charge in [0.05, 0.1) is 16.9 Å². The highest BCUT2D eigenvalue weighted by atomic mass is 35.5. The van der Waals surface area contributed by atoms with Gasteiger partial charge in [0.25, 0.3) is 0 Å². The molecule has 0 amide bonds. The zero-order valence-corrected chi connectivity index (χ0v) is 15.4. The van der Waals surface area contributed by atoms with Gasteiger partial charge in [-0.15, -0.1) is 0 Å². The van der Waals surface area contributed by atoms with Crippen LogP contribution in [-0.2, 0) is 0 Å². The molecule has 0 spiro atoms. The van der Waals surface area contributed by atoms with Crippen LogP contribution in [0.2, 0.25) is 10.0 Å². The highest BCUT2D eigenvalue weighted by Crippen LogP contribution is 2.36. The van der Waals surface area contributed by atoms with E-state index in [9.17, 15) is 18.0 Å². The van der Waals surface area contributed by atoms with Crippen molar-refractivity contribution in [2.75, 3.05) is 5.73 Å². The smallest absolute Gasteiger partial charge is 0.397 e. The highest BCUT2D eigenvalue weighted by molar-refractivity contribution is 6.35. The van der Waals surface area contributed by atoms with E-state index in [0.29, 0.717) is 11.8 Å². The summed E-state index contributed by atoms with van der Waals surface area (Å²) in [5.74, 6) is -0.875. The summed E-state index contributed by atoms with van der Waals surface area (Å²) >= 11 is 11.6. The molecule has 10 heteroatoms. The number of halogens is 5. The number of benzene rings is 2. The predicted octanol–water partition coefficient (Wildman–Crippen LogP) is 4.98. The Hall–Kier alpha value is -2.84. The zero-order valence-electron chi connectivity index (χ0n) is 13.9. The van der Waals surface area contributed by atoms with E-state index in [2.05, 4.69) is 10.1 Å². The number of hydrogen-bond acceptors (Lipinski definition) is 4. The van der Waals surface area contributed by atoms with Crippen LogP contribution >= 0.6 is 23.2 Å². The van der Waals surface area contributed by atoms with Gasteiger partial charge >= 0.3 is 6.18 Å². The van der Waals surface area contributed by atoms with Crippen molar-refractivity contribution in [1.29, 1.82) is 0 Å². The molecule has 1 heterocycles. The molecule has 0 fully saturated rings. The van der Waals surface area contributed by atoms with Gasteiger partial charge in [-0.2, -0.15) is 18.3 Å². The maximum absolute atomic E-state index is 13.5. The van der Waals surface area contributed by atoms with Gasteiger partial charge in [-0.25, -0.2) is 9.67 Å². The van der Waals surface area contributed by atoms with Gasteiger partial charge in [-0.05, 0) is 48.0 Å². The molecule has 2 N–H and O–H groups in total. The third-order valence-electron chi connectivity index (χ3n) is 3.73. The van der Waals surface area contributed by atoms with Gasteiger partial charge in [0.1, 0.15) is 12.7 Å². The Morgan fingerprint density at radius 3 is 2.29 bits per heavy atom. The van der Waals surface area contributed by atoms with Crippen molar-refractivity contribution in [3.05, 3.63) is 76.3 Å². The SMILES string of the molecule is Nc1cc(C(=O)/C=C(\c2cc(Cl)cc(Cl)c2)C(F)(F)F)ccc1-n1cncn1. The number of nitrogens with two attached hydrogens (primary N) is 1. The van der Waals surface area contributed by atoms with Gasteiger partial charge < -0.3 is 5.73 Å². The van der Waals surface area contributed by atoms with Gasteiger partial charge in [0, 0.05) is 15.6 Å².